The van der Waals surface area contributed by atoms with Gasteiger partial charge >= 0.3 is 0 Å². The number of nitrogens with zero attached hydrogens (tertiary/aromatic N) is 2. The van der Waals surface area contributed by atoms with Crippen LogP contribution in [0.1, 0.15) is 5.56 Å². The Morgan fingerprint density at radius 1 is 1.30 bits per heavy atom. The highest BCUT2D eigenvalue weighted by molar-refractivity contribution is 5.93. The molecule has 3 rings (SSSR count). The van der Waals surface area contributed by atoms with Gasteiger partial charge in [0.2, 0.25) is 0 Å². The van der Waals surface area contributed by atoms with Crippen molar-refractivity contribution in [3.63, 3.8) is 0 Å². The molecule has 0 spiro atoms. The molecule has 5 heteroatoms. The molecule has 0 fully saturated rings. The molecule has 1 aromatic carbocycles. The van der Waals surface area contributed by atoms with Gasteiger partial charge in [-0.1, -0.05) is 12.1 Å². The van der Waals surface area contributed by atoms with Crippen molar-refractivity contribution in [2.75, 3.05) is 13.7 Å². The number of ether oxygens (including phenoxy) is 1. The van der Waals surface area contributed by atoms with E-state index in [0.717, 1.165) is 40.0 Å². The minimum Gasteiger partial charge on any atom is -0.497 e. The number of aromatic nitrogens is 3. The van der Waals surface area contributed by atoms with Crippen LogP contribution in [-0.2, 0) is 6.42 Å². The third-order valence-corrected chi connectivity index (χ3v) is 3.31. The lowest BCUT2D eigenvalue weighted by Gasteiger charge is -2.06. The summed E-state index contributed by atoms with van der Waals surface area (Å²) in [6, 6.07) is 7.86. The number of H-pyrrole nitrogens is 1. The van der Waals surface area contributed by atoms with Crippen LogP contribution in [0, 0.1) is 0 Å². The maximum atomic E-state index is 5.67. The van der Waals surface area contributed by atoms with Crippen molar-refractivity contribution in [2.45, 2.75) is 6.42 Å². The number of hydrogen-bond acceptors (Lipinski definition) is 4. The van der Waals surface area contributed by atoms with Gasteiger partial charge < -0.3 is 15.5 Å². The maximum Gasteiger partial charge on any atom is 0.141 e. The Hall–Kier alpha value is -2.40. The highest BCUT2D eigenvalue weighted by Crippen LogP contribution is 2.30. The number of fused-ring (bicyclic) bond motifs is 1. The van der Waals surface area contributed by atoms with Crippen LogP contribution < -0.4 is 10.5 Å². The topological polar surface area (TPSA) is 76.8 Å². The Morgan fingerprint density at radius 2 is 2.20 bits per heavy atom. The number of nitrogens with one attached hydrogen (secondary N) is 1. The summed E-state index contributed by atoms with van der Waals surface area (Å²) in [6.45, 7) is 0.597. The number of nitrogens with two attached hydrogens (primary N) is 1. The predicted molar refractivity (Wildman–Crippen MR) is 78.6 cm³/mol. The zero-order valence-electron chi connectivity index (χ0n) is 11.3. The first kappa shape index (κ1) is 12.6. The number of aromatic amines is 1. The van der Waals surface area contributed by atoms with Crippen LogP contribution in [0.2, 0.25) is 0 Å². The Labute approximate surface area is 116 Å². The van der Waals surface area contributed by atoms with Crippen LogP contribution in [-0.4, -0.2) is 28.6 Å². The second kappa shape index (κ2) is 5.30. The van der Waals surface area contributed by atoms with Gasteiger partial charge in [0.1, 0.15) is 17.7 Å². The summed E-state index contributed by atoms with van der Waals surface area (Å²) in [5.74, 6) is 0.810. The van der Waals surface area contributed by atoms with Gasteiger partial charge in [-0.05, 0) is 30.7 Å². The van der Waals surface area contributed by atoms with Gasteiger partial charge in [-0.15, -0.1) is 0 Å². The van der Waals surface area contributed by atoms with Gasteiger partial charge in [-0.2, -0.15) is 0 Å². The Morgan fingerprint density at radius 3 is 3.00 bits per heavy atom. The Kier molecular flexibility index (Phi) is 3.35. The second-order valence-corrected chi connectivity index (χ2v) is 4.53. The van der Waals surface area contributed by atoms with E-state index in [0.29, 0.717) is 6.54 Å². The van der Waals surface area contributed by atoms with Crippen LogP contribution in [0.3, 0.4) is 0 Å². The third-order valence-electron chi connectivity index (χ3n) is 3.31. The van der Waals surface area contributed by atoms with Crippen molar-refractivity contribution < 1.29 is 4.74 Å². The molecule has 3 N–H and O–H groups in total. The zero-order chi connectivity index (χ0) is 13.9. The predicted octanol–water partition coefficient (Wildman–Crippen LogP) is 2.13. The van der Waals surface area contributed by atoms with Crippen molar-refractivity contribution in [3.8, 4) is 17.0 Å². The normalized spacial score (nSPS) is 10.9. The minimum atomic E-state index is 0.597. The van der Waals surface area contributed by atoms with Gasteiger partial charge in [0.05, 0.1) is 12.8 Å². The van der Waals surface area contributed by atoms with Gasteiger partial charge in [0.25, 0.3) is 0 Å². The summed E-state index contributed by atoms with van der Waals surface area (Å²) in [7, 11) is 1.66. The summed E-state index contributed by atoms with van der Waals surface area (Å²) in [6.07, 6.45) is 4.32. The first-order valence-corrected chi connectivity index (χ1v) is 6.49. The van der Waals surface area contributed by atoms with Crippen LogP contribution in [0.5, 0.6) is 5.75 Å². The van der Waals surface area contributed by atoms with Crippen LogP contribution in [0.25, 0.3) is 22.3 Å². The largest absolute Gasteiger partial charge is 0.497 e. The van der Waals surface area contributed by atoms with Crippen LogP contribution in [0.4, 0.5) is 0 Å². The summed E-state index contributed by atoms with van der Waals surface area (Å²) < 4.78 is 5.28. The number of hydrogen-bond donors (Lipinski definition) is 2. The first-order chi connectivity index (χ1) is 9.83. The van der Waals surface area contributed by atoms with Crippen molar-refractivity contribution in [3.05, 3.63) is 42.4 Å². The fraction of sp³-hybridized carbons (Fsp3) is 0.200. The number of methoxy groups -OCH3 is 1. The van der Waals surface area contributed by atoms with Gasteiger partial charge in [0, 0.05) is 17.1 Å². The standard InChI is InChI=1S/C15H16N4O/c1-20-12-4-2-3-10(7-12)14-13-11(5-6-16)8-17-15(13)19-9-18-14/h2-4,7-9H,5-6,16H2,1H3,(H,17,18,19). The Bertz CT molecular complexity index is 736. The molecule has 0 radical (unpaired) electrons. The summed E-state index contributed by atoms with van der Waals surface area (Å²) in [5, 5.41) is 1.03. The van der Waals surface area contributed by atoms with Gasteiger partial charge in [0.15, 0.2) is 0 Å². The number of rotatable bonds is 4. The number of benzene rings is 1. The fourth-order valence-electron chi connectivity index (χ4n) is 2.37. The van der Waals surface area contributed by atoms with E-state index in [1.54, 1.807) is 13.4 Å². The summed E-state index contributed by atoms with van der Waals surface area (Å²) in [5.41, 5.74) is 9.56. The molecule has 3 aromatic rings. The second-order valence-electron chi connectivity index (χ2n) is 4.53. The smallest absolute Gasteiger partial charge is 0.141 e. The van der Waals surface area contributed by atoms with E-state index in [1.807, 2.05) is 30.5 Å². The molecule has 0 saturated heterocycles. The molecule has 0 atom stereocenters. The molecule has 5 nitrogen and oxygen atoms in total. The molecule has 0 saturated carbocycles. The summed E-state index contributed by atoms with van der Waals surface area (Å²) >= 11 is 0. The fourth-order valence-corrected chi connectivity index (χ4v) is 2.37. The Balaban J connectivity index is 2.21. The molecule has 0 aliphatic rings. The highest BCUT2D eigenvalue weighted by Gasteiger charge is 2.12. The molecular weight excluding hydrogens is 252 g/mol. The van der Waals surface area contributed by atoms with E-state index in [2.05, 4.69) is 15.0 Å². The van der Waals surface area contributed by atoms with E-state index >= 15 is 0 Å². The van der Waals surface area contributed by atoms with E-state index in [4.69, 9.17) is 10.5 Å². The van der Waals surface area contributed by atoms with Crippen molar-refractivity contribution in [1.82, 2.24) is 15.0 Å². The lowest BCUT2D eigenvalue weighted by molar-refractivity contribution is 0.415. The molecule has 2 heterocycles. The van der Waals surface area contributed by atoms with E-state index in [-0.39, 0.29) is 0 Å². The van der Waals surface area contributed by atoms with Crippen molar-refractivity contribution in [2.24, 2.45) is 5.73 Å². The van der Waals surface area contributed by atoms with Gasteiger partial charge in [-0.25, -0.2) is 9.97 Å². The molecule has 0 aliphatic carbocycles. The molecule has 0 aliphatic heterocycles. The molecule has 2 aromatic heterocycles. The lowest BCUT2D eigenvalue weighted by Crippen LogP contribution is -2.02. The van der Waals surface area contributed by atoms with Crippen molar-refractivity contribution >= 4 is 11.0 Å². The van der Waals surface area contributed by atoms with E-state index in [9.17, 15) is 0 Å². The maximum absolute atomic E-state index is 5.67. The van der Waals surface area contributed by atoms with Gasteiger partial charge in [-0.3, -0.25) is 0 Å². The quantitative estimate of drug-likeness (QED) is 0.760. The lowest BCUT2D eigenvalue weighted by atomic mass is 10.0. The van der Waals surface area contributed by atoms with Crippen molar-refractivity contribution in [1.29, 1.82) is 0 Å². The van der Waals surface area contributed by atoms with Crippen LogP contribution in [0.15, 0.2) is 36.8 Å². The minimum absolute atomic E-state index is 0.597. The molecule has 20 heavy (non-hydrogen) atoms. The van der Waals surface area contributed by atoms with E-state index in [1.165, 1.54) is 0 Å². The average Bonchev–Trinajstić information content (AvgIpc) is 2.91. The average molecular weight is 268 g/mol. The van der Waals surface area contributed by atoms with Crippen LogP contribution >= 0.6 is 0 Å². The molecule has 0 bridgehead atoms. The molecule has 0 amide bonds. The zero-order valence-corrected chi connectivity index (χ0v) is 11.3. The monoisotopic (exact) mass is 268 g/mol. The molecule has 102 valence electrons. The molecule has 0 unspecified atom stereocenters. The first-order valence-electron chi connectivity index (χ1n) is 6.49. The molecular formula is C15H16N4O. The van der Waals surface area contributed by atoms with E-state index < -0.39 is 0 Å². The third kappa shape index (κ3) is 2.12. The highest BCUT2D eigenvalue weighted by atomic mass is 16.5. The SMILES string of the molecule is COc1cccc(-c2ncnc3[nH]cc(CCN)c23)c1. The summed E-state index contributed by atoms with van der Waals surface area (Å²) in [4.78, 5) is 11.9.